The smallest absolute Gasteiger partial charge is 0.225 e. The largest absolute Gasteiger partial charge is 0.453 e. The number of rotatable bonds is 4. The van der Waals surface area contributed by atoms with Crippen LogP contribution in [0.25, 0.3) is 0 Å². The van der Waals surface area contributed by atoms with Crippen molar-refractivity contribution >= 4 is 21.9 Å². The highest BCUT2D eigenvalue weighted by Gasteiger charge is 2.25. The van der Waals surface area contributed by atoms with Crippen molar-refractivity contribution in [1.82, 2.24) is 14.9 Å². The van der Waals surface area contributed by atoms with Crippen molar-refractivity contribution in [1.29, 1.82) is 0 Å². The van der Waals surface area contributed by atoms with Crippen LogP contribution in [0.1, 0.15) is 24.3 Å². The first kappa shape index (κ1) is 15.5. The minimum absolute atomic E-state index is 0.439. The molecule has 0 N–H and O–H groups in total. The van der Waals surface area contributed by atoms with E-state index in [0.717, 1.165) is 41.7 Å². The molecule has 2 aromatic rings. The average molecular weight is 365 g/mol. The molecule has 22 heavy (non-hydrogen) atoms. The molecular weight excluding hydrogens is 344 g/mol. The van der Waals surface area contributed by atoms with Gasteiger partial charge in [0.25, 0.3) is 0 Å². The molecule has 0 saturated carbocycles. The summed E-state index contributed by atoms with van der Waals surface area (Å²) in [7, 11) is 2.09. The second kappa shape index (κ2) is 6.79. The summed E-state index contributed by atoms with van der Waals surface area (Å²) in [5, 5.41) is 0. The van der Waals surface area contributed by atoms with E-state index >= 15 is 0 Å². The summed E-state index contributed by atoms with van der Waals surface area (Å²) in [5.41, 5.74) is 1.00. The van der Waals surface area contributed by atoms with Gasteiger partial charge in [0.05, 0.1) is 6.54 Å². The van der Waals surface area contributed by atoms with Crippen LogP contribution in [0, 0.1) is 6.92 Å². The van der Waals surface area contributed by atoms with Gasteiger partial charge >= 0.3 is 0 Å². The Morgan fingerprint density at radius 1 is 1.41 bits per heavy atom. The highest BCUT2D eigenvalue weighted by Crippen LogP contribution is 2.21. The first-order valence-electron chi connectivity index (χ1n) is 7.61. The van der Waals surface area contributed by atoms with Crippen LogP contribution in [-0.2, 0) is 6.54 Å². The fourth-order valence-corrected chi connectivity index (χ4v) is 3.26. The van der Waals surface area contributed by atoms with Gasteiger partial charge in [0.15, 0.2) is 4.67 Å². The molecule has 0 amide bonds. The van der Waals surface area contributed by atoms with Gasteiger partial charge in [0, 0.05) is 31.5 Å². The zero-order valence-corrected chi connectivity index (χ0v) is 14.6. The number of hydrogen-bond donors (Lipinski definition) is 0. The number of anilines is 1. The average Bonchev–Trinajstić information content (AvgIpc) is 2.92. The third-order valence-corrected chi connectivity index (χ3v) is 4.56. The Morgan fingerprint density at radius 3 is 3.00 bits per heavy atom. The lowest BCUT2D eigenvalue weighted by Gasteiger charge is -2.37. The molecule has 6 heteroatoms. The summed E-state index contributed by atoms with van der Waals surface area (Å²) in [6, 6.07) is 6.35. The van der Waals surface area contributed by atoms with Crippen molar-refractivity contribution in [2.45, 2.75) is 32.4 Å². The zero-order valence-electron chi connectivity index (χ0n) is 13.0. The van der Waals surface area contributed by atoms with Crippen LogP contribution < -0.4 is 4.90 Å². The molecule has 3 rings (SSSR count). The lowest BCUT2D eigenvalue weighted by atomic mass is 10.0. The van der Waals surface area contributed by atoms with Gasteiger partial charge < -0.3 is 9.32 Å². The molecule has 1 saturated heterocycles. The Labute approximate surface area is 139 Å². The maximum absolute atomic E-state index is 5.62. The van der Waals surface area contributed by atoms with Crippen LogP contribution in [0.3, 0.4) is 0 Å². The second-order valence-corrected chi connectivity index (χ2v) is 6.63. The number of halogens is 1. The van der Waals surface area contributed by atoms with Crippen LogP contribution in [0.15, 0.2) is 33.5 Å². The fraction of sp³-hybridized carbons (Fsp3) is 0.500. The van der Waals surface area contributed by atoms with Crippen LogP contribution in [-0.4, -0.2) is 41.0 Å². The number of furan rings is 1. The number of hydrogen-bond acceptors (Lipinski definition) is 5. The topological polar surface area (TPSA) is 45.4 Å². The summed E-state index contributed by atoms with van der Waals surface area (Å²) < 4.78 is 6.41. The highest BCUT2D eigenvalue weighted by molar-refractivity contribution is 9.10. The molecular formula is C16H21BrN4O. The monoisotopic (exact) mass is 364 g/mol. The fourth-order valence-electron chi connectivity index (χ4n) is 2.92. The molecule has 0 radical (unpaired) electrons. The van der Waals surface area contributed by atoms with Gasteiger partial charge in [-0.15, -0.1) is 0 Å². The number of nitrogens with zero attached hydrogens (tertiary/aromatic N) is 4. The quantitative estimate of drug-likeness (QED) is 0.833. The van der Waals surface area contributed by atoms with Gasteiger partial charge in [-0.3, -0.25) is 4.90 Å². The van der Waals surface area contributed by atoms with Crippen molar-refractivity contribution in [2.75, 3.05) is 25.0 Å². The number of likely N-dealkylation sites (N-methyl/N-ethyl adjacent to an activating group) is 1. The van der Waals surface area contributed by atoms with E-state index in [-0.39, 0.29) is 0 Å². The third kappa shape index (κ3) is 3.67. The Hall–Kier alpha value is -1.40. The Kier molecular flexibility index (Phi) is 4.78. The first-order valence-corrected chi connectivity index (χ1v) is 8.40. The molecule has 2 aromatic heterocycles. The van der Waals surface area contributed by atoms with Crippen LogP contribution in [0.4, 0.5) is 5.95 Å². The van der Waals surface area contributed by atoms with Gasteiger partial charge in [-0.05, 0) is 60.4 Å². The van der Waals surface area contributed by atoms with E-state index in [1.54, 1.807) is 0 Å². The van der Waals surface area contributed by atoms with E-state index < -0.39 is 0 Å². The minimum Gasteiger partial charge on any atom is -0.453 e. The molecule has 1 unspecified atom stereocenters. The lowest BCUT2D eigenvalue weighted by Crippen LogP contribution is -2.46. The molecule has 0 spiro atoms. The van der Waals surface area contributed by atoms with Gasteiger partial charge in [0.2, 0.25) is 5.95 Å². The van der Waals surface area contributed by atoms with Crippen LogP contribution in [0.5, 0.6) is 0 Å². The van der Waals surface area contributed by atoms with Crippen LogP contribution in [0.2, 0.25) is 0 Å². The molecule has 1 aliphatic heterocycles. The van der Waals surface area contributed by atoms with E-state index in [1.807, 2.05) is 31.3 Å². The summed E-state index contributed by atoms with van der Waals surface area (Å²) in [6.07, 6.45) is 4.18. The van der Waals surface area contributed by atoms with E-state index in [0.29, 0.717) is 6.04 Å². The van der Waals surface area contributed by atoms with Crippen molar-refractivity contribution in [3.8, 4) is 0 Å². The summed E-state index contributed by atoms with van der Waals surface area (Å²) in [5.74, 6) is 1.81. The van der Waals surface area contributed by atoms with E-state index in [9.17, 15) is 0 Å². The molecule has 0 aliphatic carbocycles. The Morgan fingerprint density at radius 2 is 2.27 bits per heavy atom. The SMILES string of the molecule is Cc1ccnc(N(C)C2CCCN(Cc3ccc(Br)o3)C2)n1. The predicted molar refractivity (Wildman–Crippen MR) is 89.9 cm³/mol. The van der Waals surface area contributed by atoms with Crippen molar-refractivity contribution in [2.24, 2.45) is 0 Å². The van der Waals surface area contributed by atoms with Gasteiger partial charge in [0.1, 0.15) is 5.76 Å². The number of aryl methyl sites for hydroxylation is 1. The van der Waals surface area contributed by atoms with E-state index in [4.69, 9.17) is 4.42 Å². The van der Waals surface area contributed by atoms with Gasteiger partial charge in [-0.2, -0.15) is 0 Å². The molecule has 5 nitrogen and oxygen atoms in total. The molecule has 0 aromatic carbocycles. The molecule has 1 atom stereocenters. The van der Waals surface area contributed by atoms with E-state index in [1.165, 1.54) is 12.8 Å². The molecule has 1 aliphatic rings. The van der Waals surface area contributed by atoms with Crippen molar-refractivity contribution in [3.05, 3.63) is 40.5 Å². The van der Waals surface area contributed by atoms with Crippen molar-refractivity contribution in [3.63, 3.8) is 0 Å². The molecule has 3 heterocycles. The number of aromatic nitrogens is 2. The second-order valence-electron chi connectivity index (χ2n) is 5.85. The highest BCUT2D eigenvalue weighted by atomic mass is 79.9. The standard InChI is InChI=1S/C16H21BrN4O/c1-12-7-8-18-16(19-12)20(2)13-4-3-9-21(10-13)11-14-5-6-15(17)22-14/h5-8,13H,3-4,9-11H2,1-2H3. The minimum atomic E-state index is 0.439. The van der Waals surface area contributed by atoms with Crippen molar-refractivity contribution < 1.29 is 4.42 Å². The summed E-state index contributed by atoms with van der Waals surface area (Å²) >= 11 is 3.36. The number of likely N-dealkylation sites (tertiary alicyclic amines) is 1. The summed E-state index contributed by atoms with van der Waals surface area (Å²) in [4.78, 5) is 13.6. The van der Waals surface area contributed by atoms with Crippen LogP contribution >= 0.6 is 15.9 Å². The molecule has 0 bridgehead atoms. The Balaban J connectivity index is 1.64. The maximum Gasteiger partial charge on any atom is 0.225 e. The maximum atomic E-state index is 5.62. The lowest BCUT2D eigenvalue weighted by molar-refractivity contribution is 0.184. The predicted octanol–water partition coefficient (Wildman–Crippen LogP) is 3.24. The Bertz CT molecular complexity index is 630. The third-order valence-electron chi connectivity index (χ3n) is 4.13. The normalized spacial score (nSPS) is 19.3. The van der Waals surface area contributed by atoms with E-state index in [2.05, 4.69) is 42.7 Å². The first-order chi connectivity index (χ1) is 10.6. The van der Waals surface area contributed by atoms with Gasteiger partial charge in [-0.25, -0.2) is 9.97 Å². The zero-order chi connectivity index (χ0) is 15.5. The molecule has 1 fully saturated rings. The number of piperidine rings is 1. The molecule has 118 valence electrons. The summed E-state index contributed by atoms with van der Waals surface area (Å²) in [6.45, 7) is 4.97. The van der Waals surface area contributed by atoms with Gasteiger partial charge in [-0.1, -0.05) is 0 Å².